The highest BCUT2D eigenvalue weighted by atomic mass is 35.5. The molecule has 0 aromatic heterocycles. The number of hydrogen-bond donors (Lipinski definition) is 6. The van der Waals surface area contributed by atoms with Crippen LogP contribution >= 0.6 is 24.8 Å². The summed E-state index contributed by atoms with van der Waals surface area (Å²) in [5, 5.41) is 24.4. The summed E-state index contributed by atoms with van der Waals surface area (Å²) in [6.45, 7) is 22.6. The van der Waals surface area contributed by atoms with Crippen LogP contribution in [0.5, 0.6) is 0 Å². The lowest BCUT2D eigenvalue weighted by Gasteiger charge is -2.32. The van der Waals surface area contributed by atoms with Crippen LogP contribution in [0.3, 0.4) is 0 Å². The van der Waals surface area contributed by atoms with E-state index in [1.165, 1.54) is 19.3 Å². The molecule has 0 amide bonds. The largest absolute Gasteiger partial charge is 0.381 e. The molecule has 12 heteroatoms. The molecule has 0 aromatic carbocycles. The molecule has 2 aliphatic heterocycles. The molecule has 0 radical (unpaired) electrons. The van der Waals surface area contributed by atoms with Crippen molar-refractivity contribution >= 4 is 48.2 Å². The number of nitrogens with one attached hydrogen (secondary N) is 4. The van der Waals surface area contributed by atoms with Gasteiger partial charge in [-0.15, -0.1) is 24.8 Å². The van der Waals surface area contributed by atoms with Crippen LogP contribution in [0.1, 0.15) is 100 Å². The van der Waals surface area contributed by atoms with E-state index in [1.54, 1.807) is 0 Å². The number of rotatable bonds is 14. The van der Waals surface area contributed by atoms with Gasteiger partial charge in [-0.1, -0.05) is 74.7 Å². The summed E-state index contributed by atoms with van der Waals surface area (Å²) in [6, 6.07) is 0. The van der Waals surface area contributed by atoms with E-state index in [9.17, 15) is 0 Å². The van der Waals surface area contributed by atoms with Crippen molar-refractivity contribution in [3.63, 3.8) is 0 Å². The van der Waals surface area contributed by atoms with E-state index in [4.69, 9.17) is 32.3 Å². The summed E-state index contributed by atoms with van der Waals surface area (Å²) >= 11 is 0. The molecule has 0 bridgehead atoms. The second-order valence-electron chi connectivity index (χ2n) is 14.8. The molecule has 2 heterocycles. The van der Waals surface area contributed by atoms with Crippen LogP contribution in [0.2, 0.25) is 0 Å². The smallest absolute Gasteiger partial charge is 0.163 e. The Morgan fingerprint density at radius 2 is 0.956 bits per heavy atom. The van der Waals surface area contributed by atoms with E-state index in [0.29, 0.717) is 58.8 Å². The third-order valence-corrected chi connectivity index (χ3v) is 8.25. The van der Waals surface area contributed by atoms with Crippen LogP contribution in [0.25, 0.3) is 0 Å². The van der Waals surface area contributed by atoms with Gasteiger partial charge in [0.05, 0.1) is 0 Å². The van der Waals surface area contributed by atoms with Crippen molar-refractivity contribution < 1.29 is 0 Å². The lowest BCUT2D eigenvalue weighted by molar-refractivity contribution is 0.257. The van der Waals surface area contributed by atoms with Gasteiger partial charge in [0, 0.05) is 26.2 Å². The predicted molar refractivity (Wildman–Crippen MR) is 199 cm³/mol. The molecule has 45 heavy (non-hydrogen) atoms. The van der Waals surface area contributed by atoms with E-state index in [0.717, 1.165) is 65.0 Å². The SMILES string of the molecule is CC(C)CN(CC(C)C)C(=N)C(N)=NC1CC(CCCC2CCNC(N=C(N)C(=N)N(CC(C)C)CC(C)C)C2)CCN1.Cl.Cl. The predicted octanol–water partition coefficient (Wildman–Crippen LogP) is 5.55. The van der Waals surface area contributed by atoms with Gasteiger partial charge in [0.15, 0.2) is 23.3 Å². The minimum Gasteiger partial charge on any atom is -0.381 e. The maximum atomic E-state index is 8.69. The van der Waals surface area contributed by atoms with Crippen LogP contribution in [0.4, 0.5) is 0 Å². The van der Waals surface area contributed by atoms with Crippen molar-refractivity contribution in [2.45, 2.75) is 113 Å². The van der Waals surface area contributed by atoms with Crippen LogP contribution < -0.4 is 22.1 Å². The van der Waals surface area contributed by atoms with Gasteiger partial charge in [-0.05, 0) is 74.3 Å². The molecule has 0 saturated carbocycles. The van der Waals surface area contributed by atoms with Crippen molar-refractivity contribution in [2.24, 2.45) is 57.0 Å². The van der Waals surface area contributed by atoms with Crippen LogP contribution in [-0.2, 0) is 0 Å². The fourth-order valence-corrected chi connectivity index (χ4v) is 6.42. The van der Waals surface area contributed by atoms with Crippen molar-refractivity contribution in [3.05, 3.63) is 0 Å². The van der Waals surface area contributed by atoms with Crippen LogP contribution in [0.15, 0.2) is 9.98 Å². The average Bonchev–Trinajstić information content (AvgIpc) is 2.91. The maximum Gasteiger partial charge on any atom is 0.163 e. The number of amidine groups is 4. The first kappa shape index (κ1) is 43.4. The van der Waals surface area contributed by atoms with E-state index in [-0.39, 0.29) is 37.1 Å². The van der Waals surface area contributed by atoms with Crippen molar-refractivity contribution in [1.29, 1.82) is 10.8 Å². The fraction of sp³-hybridized carbons (Fsp3) is 0.879. The number of hydrogen-bond acceptors (Lipinski definition) is 6. The van der Waals surface area contributed by atoms with Crippen molar-refractivity contribution in [2.75, 3.05) is 39.3 Å². The quantitative estimate of drug-likeness (QED) is 0.105. The van der Waals surface area contributed by atoms with Crippen molar-refractivity contribution in [3.8, 4) is 0 Å². The highest BCUT2D eigenvalue weighted by Gasteiger charge is 2.26. The molecule has 0 aromatic rings. The third-order valence-electron chi connectivity index (χ3n) is 8.25. The number of aliphatic imine (C=N–C) groups is 2. The Morgan fingerprint density at radius 3 is 1.24 bits per heavy atom. The Morgan fingerprint density at radius 1 is 0.644 bits per heavy atom. The molecular formula is C33H68Cl2N10. The standard InChI is InChI=1S/C33H66N10.2ClH/c1-22(2)18-42(19-23(3)4)32(36)30(34)40-28-16-26(12-14-38-28)10-9-11-27-13-15-39-29(17-27)41-31(35)33(37)43(20-24(5)6)21-25(7)8;;/h22-29,36-39H,9-21H2,1-8H3,(H2,34,40)(H2,35,41);2*1H. The Balaban J connectivity index is 0.00000968. The Hall–Kier alpha value is -1.62. The van der Waals surface area contributed by atoms with E-state index < -0.39 is 0 Å². The number of nitrogens with two attached hydrogens (primary N) is 2. The highest BCUT2D eigenvalue weighted by Crippen LogP contribution is 2.27. The molecule has 10 nitrogen and oxygen atoms in total. The normalized spacial score (nSPS) is 22.8. The van der Waals surface area contributed by atoms with Gasteiger partial charge in [0.25, 0.3) is 0 Å². The molecule has 4 unspecified atom stereocenters. The second-order valence-corrected chi connectivity index (χ2v) is 14.8. The number of piperidine rings is 2. The van der Waals surface area contributed by atoms with Gasteiger partial charge in [-0.2, -0.15) is 0 Å². The minimum atomic E-state index is -0.0131. The molecule has 0 spiro atoms. The van der Waals surface area contributed by atoms with Crippen LogP contribution in [-0.4, -0.2) is 84.7 Å². The number of halogens is 2. The molecule has 0 aliphatic carbocycles. The zero-order chi connectivity index (χ0) is 32.1. The summed E-state index contributed by atoms with van der Waals surface area (Å²) in [5.74, 6) is 4.53. The van der Waals surface area contributed by atoms with E-state index in [1.807, 2.05) is 0 Å². The Kier molecular flexibility index (Phi) is 21.2. The topological polar surface area (TPSA) is 155 Å². The first-order valence-corrected chi connectivity index (χ1v) is 17.1. The summed E-state index contributed by atoms with van der Waals surface area (Å²) in [5.41, 5.74) is 12.7. The average molecular weight is 676 g/mol. The molecule has 264 valence electrons. The summed E-state index contributed by atoms with van der Waals surface area (Å²) < 4.78 is 0. The van der Waals surface area contributed by atoms with Gasteiger partial charge >= 0.3 is 0 Å². The zero-order valence-corrected chi connectivity index (χ0v) is 31.2. The van der Waals surface area contributed by atoms with Gasteiger partial charge in [-0.25, -0.2) is 9.98 Å². The molecule has 2 saturated heterocycles. The zero-order valence-electron chi connectivity index (χ0n) is 29.6. The number of nitrogens with zero attached hydrogens (tertiary/aromatic N) is 4. The highest BCUT2D eigenvalue weighted by molar-refractivity contribution is 6.39. The second kappa shape index (κ2) is 22.0. The first-order chi connectivity index (χ1) is 20.2. The lowest BCUT2D eigenvalue weighted by Crippen LogP contribution is -2.46. The van der Waals surface area contributed by atoms with Crippen molar-refractivity contribution in [1.82, 2.24) is 20.4 Å². The molecule has 2 rings (SSSR count). The molecule has 2 fully saturated rings. The third kappa shape index (κ3) is 16.7. The molecular weight excluding hydrogens is 607 g/mol. The Bertz CT molecular complexity index is 829. The summed E-state index contributed by atoms with van der Waals surface area (Å²) in [7, 11) is 0. The van der Waals surface area contributed by atoms with Crippen LogP contribution in [0, 0.1) is 46.3 Å². The lowest BCUT2D eigenvalue weighted by atomic mass is 9.86. The fourth-order valence-electron chi connectivity index (χ4n) is 6.42. The van der Waals surface area contributed by atoms with Gasteiger partial charge in [0.2, 0.25) is 0 Å². The molecule has 4 atom stereocenters. The monoisotopic (exact) mass is 675 g/mol. The van der Waals surface area contributed by atoms with Gasteiger partial charge < -0.3 is 21.3 Å². The minimum absolute atomic E-state index is 0. The van der Waals surface area contributed by atoms with Gasteiger partial charge in [0.1, 0.15) is 12.3 Å². The Labute approximate surface area is 287 Å². The summed E-state index contributed by atoms with van der Waals surface area (Å²) in [6.07, 6.45) is 7.85. The maximum absolute atomic E-state index is 8.69. The molecule has 2 aliphatic rings. The van der Waals surface area contributed by atoms with Gasteiger partial charge in [-0.3, -0.25) is 21.5 Å². The summed E-state index contributed by atoms with van der Waals surface area (Å²) in [4.78, 5) is 13.7. The van der Waals surface area contributed by atoms with E-state index in [2.05, 4.69) is 75.8 Å². The molecule has 8 N–H and O–H groups in total. The first-order valence-electron chi connectivity index (χ1n) is 17.1. The van der Waals surface area contributed by atoms with E-state index >= 15 is 0 Å².